The Morgan fingerprint density at radius 1 is 1.32 bits per heavy atom. The largest absolute Gasteiger partial charge is 0.324 e. The first-order valence-electron chi connectivity index (χ1n) is 7.41. The Bertz CT molecular complexity index is 665. The zero-order chi connectivity index (χ0) is 15.9. The van der Waals surface area contributed by atoms with Gasteiger partial charge in [-0.05, 0) is 37.6 Å². The highest BCUT2D eigenvalue weighted by Gasteiger charge is 2.14. The molecule has 0 saturated carbocycles. The Labute approximate surface area is 131 Å². The number of aromatic nitrogens is 1. The summed E-state index contributed by atoms with van der Waals surface area (Å²) in [6, 6.07) is 11.5. The third-order valence-electron chi connectivity index (χ3n) is 3.45. The number of aliphatic imine (C=N–C) groups is 1. The fourth-order valence-corrected chi connectivity index (χ4v) is 2.31. The molecule has 0 aliphatic rings. The van der Waals surface area contributed by atoms with Crippen LogP contribution in [0, 0.1) is 6.92 Å². The molecule has 0 aliphatic carbocycles. The van der Waals surface area contributed by atoms with Gasteiger partial charge in [-0.25, -0.2) is 0 Å². The Morgan fingerprint density at radius 2 is 2.14 bits per heavy atom. The number of para-hydroxylation sites is 1. The highest BCUT2D eigenvalue weighted by Crippen LogP contribution is 2.29. The van der Waals surface area contributed by atoms with E-state index in [4.69, 9.17) is 0 Å². The maximum Gasteiger partial charge on any atom is 0.225 e. The van der Waals surface area contributed by atoms with Crippen molar-refractivity contribution in [2.45, 2.75) is 33.1 Å². The van der Waals surface area contributed by atoms with E-state index in [0.29, 0.717) is 6.42 Å². The second-order valence-corrected chi connectivity index (χ2v) is 5.27. The van der Waals surface area contributed by atoms with Crippen LogP contribution in [-0.4, -0.2) is 17.1 Å². The maximum atomic E-state index is 12.3. The minimum absolute atomic E-state index is 0.0312. The van der Waals surface area contributed by atoms with Crippen LogP contribution in [0.3, 0.4) is 0 Å². The van der Waals surface area contributed by atoms with E-state index in [1.54, 1.807) is 12.4 Å². The number of benzene rings is 1. The predicted octanol–water partition coefficient (Wildman–Crippen LogP) is 4.24. The van der Waals surface area contributed by atoms with E-state index in [2.05, 4.69) is 15.3 Å². The van der Waals surface area contributed by atoms with Crippen LogP contribution in [0.25, 0.3) is 0 Å². The number of carbonyl (C=O) groups excluding carboxylic acids is 1. The lowest BCUT2D eigenvalue weighted by atomic mass is 10.0. The maximum absolute atomic E-state index is 12.3. The zero-order valence-electron chi connectivity index (χ0n) is 13.2. The van der Waals surface area contributed by atoms with Crippen molar-refractivity contribution in [1.82, 2.24) is 4.98 Å². The molecule has 1 amide bonds. The second kappa shape index (κ2) is 7.50. The molecule has 4 nitrogen and oxygen atoms in total. The van der Waals surface area contributed by atoms with Gasteiger partial charge in [0.2, 0.25) is 5.91 Å². The van der Waals surface area contributed by atoms with Gasteiger partial charge in [0.15, 0.2) is 0 Å². The molecule has 0 spiro atoms. The summed E-state index contributed by atoms with van der Waals surface area (Å²) in [5.41, 5.74) is 3.52. The molecule has 1 heterocycles. The van der Waals surface area contributed by atoms with Gasteiger partial charge in [-0.3, -0.25) is 14.8 Å². The van der Waals surface area contributed by atoms with Crippen LogP contribution < -0.4 is 5.32 Å². The van der Waals surface area contributed by atoms with Crippen molar-refractivity contribution in [2.75, 3.05) is 5.32 Å². The van der Waals surface area contributed by atoms with Gasteiger partial charge >= 0.3 is 0 Å². The fraction of sp³-hybridized carbons (Fsp3) is 0.278. The fourth-order valence-electron chi connectivity index (χ4n) is 2.31. The number of carbonyl (C=O) groups is 1. The standard InChI is InChI=1S/C18H21N3O/c1-4-19-18-13(2)8-7-10-16(18)21-17(22)12-14(3)15-9-5-6-11-20-15/h4-11,14H,12H2,1-3H3,(H,21,22). The minimum atomic E-state index is -0.0312. The molecule has 1 atom stereocenters. The van der Waals surface area contributed by atoms with Gasteiger partial charge < -0.3 is 5.32 Å². The van der Waals surface area contributed by atoms with Crippen molar-refractivity contribution in [2.24, 2.45) is 4.99 Å². The number of aryl methyl sites for hydroxylation is 1. The summed E-state index contributed by atoms with van der Waals surface area (Å²) in [5, 5.41) is 2.96. The highest BCUT2D eigenvalue weighted by molar-refractivity contribution is 5.95. The molecule has 4 heteroatoms. The Hall–Kier alpha value is -2.49. The average Bonchev–Trinajstić information content (AvgIpc) is 2.51. The smallest absolute Gasteiger partial charge is 0.225 e. The van der Waals surface area contributed by atoms with E-state index >= 15 is 0 Å². The van der Waals surface area contributed by atoms with Gasteiger partial charge in [-0.2, -0.15) is 0 Å². The number of nitrogens with zero attached hydrogens (tertiary/aromatic N) is 2. The summed E-state index contributed by atoms with van der Waals surface area (Å²) in [6.07, 6.45) is 3.87. The van der Waals surface area contributed by atoms with Crippen LogP contribution in [0.2, 0.25) is 0 Å². The van der Waals surface area contributed by atoms with Crippen molar-refractivity contribution in [3.63, 3.8) is 0 Å². The summed E-state index contributed by atoms with van der Waals surface area (Å²) in [5.74, 6) is 0.0421. The summed E-state index contributed by atoms with van der Waals surface area (Å²) < 4.78 is 0. The van der Waals surface area contributed by atoms with Crippen LogP contribution >= 0.6 is 0 Å². The number of amides is 1. The van der Waals surface area contributed by atoms with Crippen LogP contribution in [0.15, 0.2) is 47.6 Å². The topological polar surface area (TPSA) is 54.4 Å². The predicted molar refractivity (Wildman–Crippen MR) is 90.9 cm³/mol. The number of hydrogen-bond donors (Lipinski definition) is 1. The van der Waals surface area contributed by atoms with Gasteiger partial charge in [0.05, 0.1) is 11.4 Å². The van der Waals surface area contributed by atoms with E-state index in [9.17, 15) is 4.79 Å². The van der Waals surface area contributed by atoms with E-state index in [0.717, 1.165) is 22.6 Å². The van der Waals surface area contributed by atoms with Crippen molar-refractivity contribution in [1.29, 1.82) is 0 Å². The molecule has 0 aliphatic heterocycles. The molecule has 1 unspecified atom stereocenters. The normalized spacial score (nSPS) is 12.3. The van der Waals surface area contributed by atoms with Gasteiger partial charge in [0.25, 0.3) is 0 Å². The van der Waals surface area contributed by atoms with Gasteiger partial charge in [0, 0.05) is 30.4 Å². The van der Waals surface area contributed by atoms with Crippen molar-refractivity contribution in [3.05, 3.63) is 53.9 Å². The Kier molecular flexibility index (Phi) is 5.42. The van der Waals surface area contributed by atoms with Gasteiger partial charge in [0.1, 0.15) is 0 Å². The Morgan fingerprint density at radius 3 is 2.82 bits per heavy atom. The molecule has 0 fully saturated rings. The van der Waals surface area contributed by atoms with E-state index in [1.807, 2.05) is 57.2 Å². The number of hydrogen-bond acceptors (Lipinski definition) is 3. The molecular weight excluding hydrogens is 274 g/mol. The number of anilines is 1. The molecule has 2 aromatic rings. The Balaban J connectivity index is 2.08. The van der Waals surface area contributed by atoms with Gasteiger partial charge in [-0.1, -0.05) is 25.1 Å². The second-order valence-electron chi connectivity index (χ2n) is 5.27. The highest BCUT2D eigenvalue weighted by atomic mass is 16.1. The third kappa shape index (κ3) is 4.01. The SMILES string of the molecule is CC=Nc1c(C)cccc1NC(=O)CC(C)c1ccccn1. The first-order chi connectivity index (χ1) is 10.6. The molecule has 114 valence electrons. The molecule has 0 saturated heterocycles. The average molecular weight is 295 g/mol. The quantitative estimate of drug-likeness (QED) is 0.839. The molecule has 1 N–H and O–H groups in total. The summed E-state index contributed by atoms with van der Waals surface area (Å²) in [6.45, 7) is 5.85. The first kappa shape index (κ1) is 15.9. The summed E-state index contributed by atoms with van der Waals surface area (Å²) in [4.78, 5) is 20.9. The van der Waals surface area contributed by atoms with Crippen molar-refractivity contribution >= 4 is 23.5 Å². The first-order valence-corrected chi connectivity index (χ1v) is 7.41. The van der Waals surface area contributed by atoms with Crippen molar-refractivity contribution < 1.29 is 4.79 Å². The summed E-state index contributed by atoms with van der Waals surface area (Å²) >= 11 is 0. The number of rotatable bonds is 5. The molecule has 2 rings (SSSR count). The monoisotopic (exact) mass is 295 g/mol. The van der Waals surface area contributed by atoms with Crippen LogP contribution in [0.5, 0.6) is 0 Å². The lowest BCUT2D eigenvalue weighted by Crippen LogP contribution is -2.15. The van der Waals surface area contributed by atoms with Gasteiger partial charge in [-0.15, -0.1) is 0 Å². The van der Waals surface area contributed by atoms with E-state index in [1.165, 1.54) is 0 Å². The lowest BCUT2D eigenvalue weighted by molar-refractivity contribution is -0.116. The van der Waals surface area contributed by atoms with E-state index in [-0.39, 0.29) is 11.8 Å². The molecule has 1 aromatic heterocycles. The number of nitrogens with one attached hydrogen (secondary N) is 1. The zero-order valence-corrected chi connectivity index (χ0v) is 13.2. The molecule has 1 aromatic carbocycles. The molecule has 0 bridgehead atoms. The van der Waals surface area contributed by atoms with E-state index < -0.39 is 0 Å². The minimum Gasteiger partial charge on any atom is -0.324 e. The molecule has 0 radical (unpaired) electrons. The third-order valence-corrected chi connectivity index (χ3v) is 3.45. The summed E-state index contributed by atoms with van der Waals surface area (Å²) in [7, 11) is 0. The molecule has 22 heavy (non-hydrogen) atoms. The van der Waals surface area contributed by atoms with Crippen molar-refractivity contribution in [3.8, 4) is 0 Å². The van der Waals surface area contributed by atoms with Crippen LogP contribution in [-0.2, 0) is 4.79 Å². The van der Waals surface area contributed by atoms with Crippen LogP contribution in [0.4, 0.5) is 11.4 Å². The number of pyridine rings is 1. The van der Waals surface area contributed by atoms with Crippen LogP contribution in [0.1, 0.15) is 37.4 Å². The molecular formula is C18H21N3O. The lowest BCUT2D eigenvalue weighted by Gasteiger charge is -2.13.